The fourth-order valence-electron chi connectivity index (χ4n) is 3.11. The molecule has 1 aliphatic heterocycles. The normalized spacial score (nSPS) is 15.3. The minimum absolute atomic E-state index is 0.0316. The molecule has 26 heavy (non-hydrogen) atoms. The van der Waals surface area contributed by atoms with Gasteiger partial charge in [0.15, 0.2) is 0 Å². The van der Waals surface area contributed by atoms with Gasteiger partial charge in [0.1, 0.15) is 0 Å². The van der Waals surface area contributed by atoms with E-state index in [1.54, 1.807) is 0 Å². The molecule has 0 aliphatic carbocycles. The van der Waals surface area contributed by atoms with Crippen LogP contribution >= 0.6 is 0 Å². The minimum Gasteiger partial charge on any atom is -0.395 e. The summed E-state index contributed by atoms with van der Waals surface area (Å²) in [5.74, 6) is -0.0316. The van der Waals surface area contributed by atoms with Crippen molar-refractivity contribution < 1.29 is 14.6 Å². The van der Waals surface area contributed by atoms with E-state index in [1.165, 1.54) is 5.56 Å². The van der Waals surface area contributed by atoms with E-state index in [0.29, 0.717) is 13.1 Å². The fraction of sp³-hybridized carbons (Fsp3) is 0.650. The molecule has 1 heterocycles. The van der Waals surface area contributed by atoms with E-state index >= 15 is 0 Å². The highest BCUT2D eigenvalue weighted by molar-refractivity contribution is 5.92. The molecule has 0 bridgehead atoms. The molecule has 0 spiro atoms. The van der Waals surface area contributed by atoms with Crippen LogP contribution in [0.15, 0.2) is 24.3 Å². The number of aliphatic hydroxyl groups is 1. The molecule has 0 atom stereocenters. The number of ether oxygens (including phenoxy) is 1. The fourth-order valence-corrected chi connectivity index (χ4v) is 3.11. The van der Waals surface area contributed by atoms with Gasteiger partial charge < -0.3 is 15.2 Å². The second kappa shape index (κ2) is 12.0. The maximum Gasteiger partial charge on any atom is 0.238 e. The maximum absolute atomic E-state index is 12.3. The van der Waals surface area contributed by atoms with Gasteiger partial charge in [-0.2, -0.15) is 0 Å². The van der Waals surface area contributed by atoms with Gasteiger partial charge in [0, 0.05) is 31.9 Å². The first-order valence-electron chi connectivity index (χ1n) is 9.73. The molecule has 6 heteroatoms. The van der Waals surface area contributed by atoms with Gasteiger partial charge in [-0.25, -0.2) is 0 Å². The molecule has 1 aromatic carbocycles. The van der Waals surface area contributed by atoms with Crippen molar-refractivity contribution in [2.24, 2.45) is 0 Å². The molecule has 0 unspecified atom stereocenters. The summed E-state index contributed by atoms with van der Waals surface area (Å²) in [5, 5.41) is 12.1. The monoisotopic (exact) mass is 363 g/mol. The molecule has 1 aromatic rings. The molecule has 0 aromatic heterocycles. The number of aliphatic hydroxyl groups excluding tert-OH is 1. The van der Waals surface area contributed by atoms with E-state index in [2.05, 4.69) is 29.3 Å². The van der Waals surface area contributed by atoms with Crippen LogP contribution in [0.1, 0.15) is 31.7 Å². The lowest BCUT2D eigenvalue weighted by Crippen LogP contribution is -2.36. The number of hydrogen-bond donors (Lipinski definition) is 2. The average Bonchev–Trinajstić information content (AvgIpc) is 2.64. The van der Waals surface area contributed by atoms with Crippen molar-refractivity contribution in [1.29, 1.82) is 0 Å². The van der Waals surface area contributed by atoms with Gasteiger partial charge in [-0.3, -0.25) is 14.6 Å². The number of anilines is 1. The van der Waals surface area contributed by atoms with Crippen LogP contribution in [0.3, 0.4) is 0 Å². The second-order valence-electron chi connectivity index (χ2n) is 6.84. The number of carbonyl (C=O) groups is 1. The first-order chi connectivity index (χ1) is 12.7. The third-order valence-corrected chi connectivity index (χ3v) is 4.61. The van der Waals surface area contributed by atoms with E-state index in [1.807, 2.05) is 17.0 Å². The van der Waals surface area contributed by atoms with E-state index in [4.69, 9.17) is 4.74 Å². The summed E-state index contributed by atoms with van der Waals surface area (Å²) < 4.78 is 5.37. The molecule has 2 N–H and O–H groups in total. The summed E-state index contributed by atoms with van der Waals surface area (Å²) in [4.78, 5) is 16.7. The molecule has 1 amide bonds. The average molecular weight is 364 g/mol. The van der Waals surface area contributed by atoms with Crippen molar-refractivity contribution in [3.63, 3.8) is 0 Å². The molecular weight excluding hydrogens is 330 g/mol. The van der Waals surface area contributed by atoms with Crippen LogP contribution in [0, 0.1) is 0 Å². The zero-order valence-electron chi connectivity index (χ0n) is 16.0. The number of carbonyl (C=O) groups excluding carboxylic acids is 1. The first-order valence-corrected chi connectivity index (χ1v) is 9.73. The number of unbranched alkanes of at least 4 members (excludes halogenated alkanes) is 2. The molecular formula is C20H33N3O3. The third kappa shape index (κ3) is 7.83. The van der Waals surface area contributed by atoms with Crippen molar-refractivity contribution in [1.82, 2.24) is 9.80 Å². The molecule has 1 fully saturated rings. The van der Waals surface area contributed by atoms with Gasteiger partial charge in [-0.1, -0.05) is 31.9 Å². The lowest BCUT2D eigenvalue weighted by Gasteiger charge is -2.26. The topological polar surface area (TPSA) is 65.0 Å². The molecule has 0 radical (unpaired) electrons. The highest BCUT2D eigenvalue weighted by Crippen LogP contribution is 2.12. The summed E-state index contributed by atoms with van der Waals surface area (Å²) in [6, 6.07) is 8.05. The van der Waals surface area contributed by atoms with Gasteiger partial charge >= 0.3 is 0 Å². The van der Waals surface area contributed by atoms with E-state index in [9.17, 15) is 9.90 Å². The van der Waals surface area contributed by atoms with Crippen LogP contribution in [0.25, 0.3) is 0 Å². The summed E-state index contributed by atoms with van der Waals surface area (Å²) in [7, 11) is 0. The predicted molar refractivity (Wildman–Crippen MR) is 104 cm³/mol. The van der Waals surface area contributed by atoms with Gasteiger partial charge in [-0.05, 0) is 30.7 Å². The number of benzene rings is 1. The van der Waals surface area contributed by atoms with Gasteiger partial charge in [0.05, 0.1) is 26.4 Å². The molecule has 1 saturated heterocycles. The lowest BCUT2D eigenvalue weighted by molar-refractivity contribution is -0.117. The number of nitrogens with one attached hydrogen (secondary N) is 1. The lowest BCUT2D eigenvalue weighted by atomic mass is 10.2. The Kier molecular flexibility index (Phi) is 9.63. The van der Waals surface area contributed by atoms with Crippen LogP contribution in [0.5, 0.6) is 0 Å². The minimum atomic E-state index is -0.0316. The van der Waals surface area contributed by atoms with E-state index < -0.39 is 0 Å². The Morgan fingerprint density at radius 3 is 2.58 bits per heavy atom. The highest BCUT2D eigenvalue weighted by atomic mass is 16.5. The van der Waals surface area contributed by atoms with Crippen molar-refractivity contribution in [3.8, 4) is 0 Å². The molecule has 6 nitrogen and oxygen atoms in total. The quantitative estimate of drug-likeness (QED) is 0.588. The smallest absolute Gasteiger partial charge is 0.238 e. The van der Waals surface area contributed by atoms with E-state index in [0.717, 1.165) is 64.3 Å². The molecule has 146 valence electrons. The largest absolute Gasteiger partial charge is 0.395 e. The Hall–Kier alpha value is -1.47. The predicted octanol–water partition coefficient (Wildman–Crippen LogP) is 1.94. The zero-order valence-corrected chi connectivity index (χ0v) is 16.0. The van der Waals surface area contributed by atoms with Crippen molar-refractivity contribution in [2.75, 3.05) is 57.9 Å². The standard InChI is InChI=1S/C20H33N3O3/c1-2-3-4-9-22(10-13-24)17-20(25)21-19-7-5-18(6-8-19)16-23-11-14-26-15-12-23/h5-8,24H,2-4,9-17H2,1H3,(H,21,25). The summed E-state index contributed by atoms with van der Waals surface area (Å²) in [5.41, 5.74) is 2.06. The summed E-state index contributed by atoms with van der Waals surface area (Å²) in [6.45, 7) is 8.40. The Balaban J connectivity index is 1.77. The maximum atomic E-state index is 12.3. The number of nitrogens with zero attached hydrogens (tertiary/aromatic N) is 2. The Morgan fingerprint density at radius 2 is 1.92 bits per heavy atom. The molecule has 2 rings (SSSR count). The Labute approximate surface area is 157 Å². The molecule has 0 saturated carbocycles. The van der Waals surface area contributed by atoms with Gasteiger partial charge in [0.2, 0.25) is 5.91 Å². The second-order valence-corrected chi connectivity index (χ2v) is 6.84. The Morgan fingerprint density at radius 1 is 1.19 bits per heavy atom. The van der Waals surface area contributed by atoms with Crippen LogP contribution in [-0.4, -0.2) is 73.4 Å². The number of morpholine rings is 1. The summed E-state index contributed by atoms with van der Waals surface area (Å²) >= 11 is 0. The van der Waals surface area contributed by atoms with Crippen LogP contribution in [-0.2, 0) is 16.1 Å². The number of hydrogen-bond acceptors (Lipinski definition) is 5. The third-order valence-electron chi connectivity index (χ3n) is 4.61. The Bertz CT molecular complexity index is 516. The van der Waals surface area contributed by atoms with Crippen molar-refractivity contribution in [2.45, 2.75) is 32.7 Å². The number of rotatable bonds is 11. The van der Waals surface area contributed by atoms with E-state index in [-0.39, 0.29) is 12.5 Å². The van der Waals surface area contributed by atoms with Crippen LogP contribution in [0.4, 0.5) is 5.69 Å². The van der Waals surface area contributed by atoms with Crippen molar-refractivity contribution in [3.05, 3.63) is 29.8 Å². The first kappa shape index (κ1) is 20.8. The van der Waals surface area contributed by atoms with Gasteiger partial charge in [-0.15, -0.1) is 0 Å². The SMILES string of the molecule is CCCCCN(CCO)CC(=O)Nc1ccc(CN2CCOCC2)cc1. The zero-order chi connectivity index (χ0) is 18.6. The highest BCUT2D eigenvalue weighted by Gasteiger charge is 2.12. The van der Waals surface area contributed by atoms with Crippen molar-refractivity contribution >= 4 is 11.6 Å². The number of amides is 1. The van der Waals surface area contributed by atoms with Crippen LogP contribution < -0.4 is 5.32 Å². The van der Waals surface area contributed by atoms with Crippen LogP contribution in [0.2, 0.25) is 0 Å². The van der Waals surface area contributed by atoms with Gasteiger partial charge in [0.25, 0.3) is 0 Å². The summed E-state index contributed by atoms with van der Waals surface area (Å²) in [6.07, 6.45) is 3.35. The molecule has 1 aliphatic rings.